The van der Waals surface area contributed by atoms with E-state index < -0.39 is 34.5 Å². The maximum absolute atomic E-state index is 12.2. The van der Waals surface area contributed by atoms with E-state index in [4.69, 9.17) is 4.74 Å². The maximum atomic E-state index is 12.2. The molecule has 0 unspecified atom stereocenters. The van der Waals surface area contributed by atoms with Crippen LogP contribution < -0.4 is 10.0 Å². The number of ether oxygens (including phenoxy) is 1. The van der Waals surface area contributed by atoms with Gasteiger partial charge in [-0.05, 0) is 43.4 Å². The summed E-state index contributed by atoms with van der Waals surface area (Å²) in [5.74, 6) is -0.174. The topological polar surface area (TPSA) is 114 Å². The molecule has 0 aliphatic carbocycles. The second kappa shape index (κ2) is 10.5. The summed E-state index contributed by atoms with van der Waals surface area (Å²) in [7, 11) is -3.68. The van der Waals surface area contributed by atoms with E-state index in [1.54, 1.807) is 30.0 Å². The van der Waals surface area contributed by atoms with Crippen molar-refractivity contribution in [3.63, 3.8) is 0 Å². The van der Waals surface area contributed by atoms with Crippen molar-refractivity contribution in [1.29, 1.82) is 0 Å². The number of carbonyl (C=O) groups excluding carboxylic acids is 2. The molecular weight excluding hydrogens is 438 g/mol. The van der Waals surface area contributed by atoms with Crippen LogP contribution in [0, 0.1) is 0 Å². The molecule has 8 nitrogen and oxygen atoms in total. The molecule has 1 amide bonds. The van der Waals surface area contributed by atoms with E-state index in [0.29, 0.717) is 12.1 Å². The number of carbonyl (C=O) groups is 2. The summed E-state index contributed by atoms with van der Waals surface area (Å²) >= 11 is 1.70. The Hall–Kier alpha value is -2.85. The third kappa shape index (κ3) is 6.31. The van der Waals surface area contributed by atoms with E-state index in [-0.39, 0.29) is 10.7 Å². The van der Waals surface area contributed by atoms with Crippen LogP contribution in [-0.2, 0) is 24.3 Å². The molecule has 0 fully saturated rings. The highest BCUT2D eigenvalue weighted by Crippen LogP contribution is 2.22. The molecule has 2 aromatic carbocycles. The summed E-state index contributed by atoms with van der Waals surface area (Å²) < 4.78 is 31.5. The van der Waals surface area contributed by atoms with Crippen LogP contribution in [0.5, 0.6) is 0 Å². The maximum Gasteiger partial charge on any atom is 0.331 e. The molecule has 0 bridgehead atoms. The minimum atomic E-state index is -3.68. The Morgan fingerprint density at radius 2 is 1.84 bits per heavy atom. The molecule has 3 rings (SSSR count). The average molecular weight is 462 g/mol. The molecule has 0 radical (unpaired) electrons. The van der Waals surface area contributed by atoms with Crippen LogP contribution in [0.3, 0.4) is 0 Å². The first kappa shape index (κ1) is 22.8. The summed E-state index contributed by atoms with van der Waals surface area (Å²) in [6, 6.07) is 15.4. The summed E-state index contributed by atoms with van der Waals surface area (Å²) in [5.41, 5.74) is 0.397. The molecule has 1 aliphatic rings. The van der Waals surface area contributed by atoms with E-state index in [1.165, 1.54) is 17.9 Å². The number of benzene rings is 2. The highest BCUT2D eigenvalue weighted by atomic mass is 32.2. The van der Waals surface area contributed by atoms with Gasteiger partial charge in [-0.15, -0.1) is 11.8 Å². The van der Waals surface area contributed by atoms with Crippen LogP contribution >= 0.6 is 11.8 Å². The number of amides is 1. The zero-order valence-corrected chi connectivity index (χ0v) is 18.5. The summed E-state index contributed by atoms with van der Waals surface area (Å²) in [5, 5.41) is 2.70. The Labute approximate surface area is 185 Å². The van der Waals surface area contributed by atoms with E-state index in [2.05, 4.69) is 15.0 Å². The quantitative estimate of drug-likeness (QED) is 0.335. The largest absolute Gasteiger partial charge is 0.454 e. The first-order chi connectivity index (χ1) is 14.9. The van der Waals surface area contributed by atoms with Crippen LogP contribution in [0.1, 0.15) is 18.9 Å². The number of thioether (sulfide) groups is 1. The van der Waals surface area contributed by atoms with Gasteiger partial charge in [0.1, 0.15) is 11.9 Å². The number of esters is 1. The number of hydrogen-bond donors (Lipinski definition) is 2. The molecular formula is C21H23N3O5S2. The number of amidine groups is 1. The van der Waals surface area contributed by atoms with Crippen LogP contribution in [0.2, 0.25) is 0 Å². The Morgan fingerprint density at radius 1 is 1.13 bits per heavy atom. The molecule has 0 saturated carbocycles. The Bertz CT molecular complexity index is 1070. The molecule has 1 aliphatic heterocycles. The molecule has 31 heavy (non-hydrogen) atoms. The van der Waals surface area contributed by atoms with Crippen molar-refractivity contribution in [1.82, 2.24) is 10.0 Å². The number of aliphatic imine (C=N–C) groups is 1. The number of fused-ring (bicyclic) bond motifs is 1. The molecule has 2 N–H and O–H groups in total. The van der Waals surface area contributed by atoms with Gasteiger partial charge in [0, 0.05) is 17.0 Å². The van der Waals surface area contributed by atoms with Crippen LogP contribution in [-0.4, -0.2) is 51.1 Å². The van der Waals surface area contributed by atoms with Crippen molar-refractivity contribution in [2.75, 3.05) is 18.9 Å². The zero-order chi connectivity index (χ0) is 22.3. The molecule has 0 spiro atoms. The lowest BCUT2D eigenvalue weighted by molar-refractivity contribution is -0.149. The van der Waals surface area contributed by atoms with E-state index in [0.717, 1.165) is 12.2 Å². The molecule has 164 valence electrons. The van der Waals surface area contributed by atoms with Crippen LogP contribution in [0.15, 0.2) is 69.4 Å². The molecule has 2 aromatic rings. The van der Waals surface area contributed by atoms with E-state index >= 15 is 0 Å². The van der Waals surface area contributed by atoms with Gasteiger partial charge in [0.2, 0.25) is 0 Å². The van der Waals surface area contributed by atoms with Crippen molar-refractivity contribution < 1.29 is 22.7 Å². The van der Waals surface area contributed by atoms with Crippen molar-refractivity contribution in [2.45, 2.75) is 29.2 Å². The predicted octanol–water partition coefficient (Wildman–Crippen LogP) is 1.96. The number of rotatable bonds is 9. The fourth-order valence-electron chi connectivity index (χ4n) is 2.79. The summed E-state index contributed by atoms with van der Waals surface area (Å²) in [4.78, 5) is 29.4. The van der Waals surface area contributed by atoms with E-state index in [9.17, 15) is 18.0 Å². The first-order valence-electron chi connectivity index (χ1n) is 9.68. The van der Waals surface area contributed by atoms with Gasteiger partial charge in [-0.1, -0.05) is 30.3 Å². The van der Waals surface area contributed by atoms with Crippen LogP contribution in [0.25, 0.3) is 0 Å². The van der Waals surface area contributed by atoms with Gasteiger partial charge in [-0.3, -0.25) is 14.5 Å². The second-order valence-corrected chi connectivity index (χ2v) is 9.55. The van der Waals surface area contributed by atoms with Crippen LogP contribution in [0.4, 0.5) is 0 Å². The fourth-order valence-corrected chi connectivity index (χ4v) is 4.90. The van der Waals surface area contributed by atoms with Crippen molar-refractivity contribution in [3.8, 4) is 0 Å². The van der Waals surface area contributed by atoms with Crippen molar-refractivity contribution >= 4 is 39.5 Å². The van der Waals surface area contributed by atoms with Crippen molar-refractivity contribution in [3.05, 3.63) is 60.2 Å². The number of nitrogens with zero attached hydrogens (tertiary/aromatic N) is 1. The molecule has 1 atom stereocenters. The van der Waals surface area contributed by atoms with Gasteiger partial charge in [0.15, 0.2) is 6.61 Å². The minimum Gasteiger partial charge on any atom is -0.454 e. The first-order valence-corrected chi connectivity index (χ1v) is 12.1. The molecule has 0 aromatic heterocycles. The lowest BCUT2D eigenvalue weighted by atomic mass is 10.2. The summed E-state index contributed by atoms with van der Waals surface area (Å²) in [6.07, 6.45) is 0.781. The second-order valence-electron chi connectivity index (χ2n) is 6.73. The van der Waals surface area contributed by atoms with Gasteiger partial charge in [0.05, 0.1) is 4.90 Å². The lowest BCUT2D eigenvalue weighted by Gasteiger charge is -2.09. The van der Waals surface area contributed by atoms with Gasteiger partial charge >= 0.3 is 5.97 Å². The smallest absolute Gasteiger partial charge is 0.331 e. The zero-order valence-electron chi connectivity index (χ0n) is 16.9. The minimum absolute atomic E-state index is 0.0837. The predicted molar refractivity (Wildman–Crippen MR) is 119 cm³/mol. The van der Waals surface area contributed by atoms with Crippen molar-refractivity contribution in [2.24, 2.45) is 4.99 Å². The third-order valence-corrected chi connectivity index (χ3v) is 6.82. The SMILES string of the molecule is C[C@H](N=C1NS(=O)(=O)c2ccccc21)C(=O)OCC(=O)NCCCSc1ccccc1. The highest BCUT2D eigenvalue weighted by Gasteiger charge is 2.31. The Kier molecular flexibility index (Phi) is 7.69. The lowest BCUT2D eigenvalue weighted by Crippen LogP contribution is -2.32. The number of sulfonamides is 1. The number of nitrogens with one attached hydrogen (secondary N) is 2. The molecule has 10 heteroatoms. The van der Waals surface area contributed by atoms with E-state index in [1.807, 2.05) is 30.3 Å². The summed E-state index contributed by atoms with van der Waals surface area (Å²) in [6.45, 7) is 1.54. The normalized spacial score (nSPS) is 16.2. The van der Waals surface area contributed by atoms with Gasteiger partial charge < -0.3 is 10.1 Å². The fraction of sp³-hybridized carbons (Fsp3) is 0.286. The van der Waals surface area contributed by atoms with Gasteiger partial charge in [-0.2, -0.15) is 0 Å². The Morgan fingerprint density at radius 3 is 2.61 bits per heavy atom. The van der Waals surface area contributed by atoms with Gasteiger partial charge in [0.25, 0.3) is 15.9 Å². The number of hydrogen-bond acceptors (Lipinski definition) is 7. The monoisotopic (exact) mass is 461 g/mol. The standard InChI is InChI=1S/C21H23N3O5S2/c1-15(23-20-17-10-5-6-11-18(17)31(27,28)24-20)21(26)29-14-19(25)22-12-7-13-30-16-8-3-2-4-9-16/h2-6,8-11,15H,7,12-14H2,1H3,(H,22,25)(H,23,24)/t15-/m0/s1. The molecule has 0 saturated heterocycles. The average Bonchev–Trinajstić information content (AvgIpc) is 3.02. The highest BCUT2D eigenvalue weighted by molar-refractivity contribution is 7.99. The Balaban J connectivity index is 1.40. The third-order valence-electron chi connectivity index (χ3n) is 4.33. The van der Waals surface area contributed by atoms with Gasteiger partial charge in [-0.25, -0.2) is 13.2 Å². The molecule has 1 heterocycles.